The molecule has 4 heteroatoms. The number of phenolic OH excluding ortho intramolecular Hbond substituents is 1. The Kier molecular flexibility index (Phi) is 5.16. The quantitative estimate of drug-likeness (QED) is 0.822. The summed E-state index contributed by atoms with van der Waals surface area (Å²) in [5, 5.41) is 9.63. The van der Waals surface area contributed by atoms with Gasteiger partial charge in [-0.1, -0.05) is 42.5 Å². The van der Waals surface area contributed by atoms with Crippen LogP contribution in [0.5, 0.6) is 5.75 Å². The van der Waals surface area contributed by atoms with E-state index >= 15 is 0 Å². The first kappa shape index (κ1) is 16.5. The molecule has 0 bridgehead atoms. The van der Waals surface area contributed by atoms with Crippen LogP contribution in [0.25, 0.3) is 0 Å². The second-order valence-corrected chi connectivity index (χ2v) is 6.61. The van der Waals surface area contributed by atoms with Crippen molar-refractivity contribution in [1.29, 1.82) is 0 Å². The topological polar surface area (TPSA) is 66.6 Å². The third-order valence-electron chi connectivity index (χ3n) is 4.43. The minimum absolute atomic E-state index is 0.0709. The van der Waals surface area contributed by atoms with Crippen LogP contribution in [0.15, 0.2) is 54.6 Å². The number of phenols is 1. The van der Waals surface area contributed by atoms with E-state index < -0.39 is 0 Å². The van der Waals surface area contributed by atoms with E-state index in [9.17, 15) is 9.90 Å². The number of nitrogens with zero attached hydrogens (tertiary/aromatic N) is 1. The molecular weight excluding hydrogens is 300 g/mol. The molecule has 0 aliphatic heterocycles. The van der Waals surface area contributed by atoms with Crippen LogP contribution in [0.4, 0.5) is 0 Å². The van der Waals surface area contributed by atoms with Gasteiger partial charge in [0.25, 0.3) is 0 Å². The van der Waals surface area contributed by atoms with Crippen molar-refractivity contribution in [2.45, 2.75) is 31.8 Å². The standard InChI is InChI=1S/C20H24N2O2/c21-19(17-6-2-1-3-7-17)12-20(24)22(13-15-9-10-15)14-16-5-4-8-18(23)11-16/h1-8,11,15,19,23H,9-10,12-14,21H2. The van der Waals surface area contributed by atoms with E-state index in [-0.39, 0.29) is 17.7 Å². The van der Waals surface area contributed by atoms with Crippen molar-refractivity contribution in [2.75, 3.05) is 6.54 Å². The maximum absolute atomic E-state index is 12.8. The second-order valence-electron chi connectivity index (χ2n) is 6.61. The van der Waals surface area contributed by atoms with Crippen molar-refractivity contribution in [1.82, 2.24) is 4.90 Å². The van der Waals surface area contributed by atoms with Gasteiger partial charge in [0, 0.05) is 25.6 Å². The minimum Gasteiger partial charge on any atom is -0.508 e. The number of benzene rings is 2. The Morgan fingerprint density at radius 3 is 2.58 bits per heavy atom. The van der Waals surface area contributed by atoms with Gasteiger partial charge in [-0.3, -0.25) is 4.79 Å². The zero-order chi connectivity index (χ0) is 16.9. The molecule has 1 saturated carbocycles. The average molecular weight is 324 g/mol. The molecule has 3 N–H and O–H groups in total. The number of nitrogens with two attached hydrogens (primary N) is 1. The predicted octanol–water partition coefficient (Wildman–Crippen LogP) is 3.22. The maximum atomic E-state index is 12.8. The van der Waals surface area contributed by atoms with E-state index in [1.165, 1.54) is 12.8 Å². The third-order valence-corrected chi connectivity index (χ3v) is 4.43. The molecule has 1 aliphatic carbocycles. The van der Waals surface area contributed by atoms with Gasteiger partial charge in [-0.25, -0.2) is 0 Å². The van der Waals surface area contributed by atoms with Gasteiger partial charge in [0.1, 0.15) is 5.75 Å². The molecule has 0 spiro atoms. The number of hydrogen-bond acceptors (Lipinski definition) is 3. The smallest absolute Gasteiger partial charge is 0.224 e. The average Bonchev–Trinajstić information content (AvgIpc) is 3.39. The summed E-state index contributed by atoms with van der Waals surface area (Å²) in [7, 11) is 0. The lowest BCUT2D eigenvalue weighted by atomic mass is 10.0. The summed E-state index contributed by atoms with van der Waals surface area (Å²) in [6.07, 6.45) is 2.68. The molecule has 4 nitrogen and oxygen atoms in total. The van der Waals surface area contributed by atoms with Crippen LogP contribution in [-0.4, -0.2) is 22.5 Å². The largest absolute Gasteiger partial charge is 0.508 e. The van der Waals surface area contributed by atoms with Crippen molar-refractivity contribution >= 4 is 5.91 Å². The monoisotopic (exact) mass is 324 g/mol. The molecule has 0 saturated heterocycles. The van der Waals surface area contributed by atoms with Gasteiger partial charge in [0.05, 0.1) is 0 Å². The zero-order valence-corrected chi connectivity index (χ0v) is 13.8. The van der Waals surface area contributed by atoms with Crippen molar-refractivity contribution in [3.8, 4) is 5.75 Å². The van der Waals surface area contributed by atoms with Crippen molar-refractivity contribution < 1.29 is 9.90 Å². The normalized spacial score (nSPS) is 15.0. The highest BCUT2D eigenvalue weighted by atomic mass is 16.3. The Hall–Kier alpha value is -2.33. The molecule has 0 radical (unpaired) electrons. The summed E-state index contributed by atoms with van der Waals surface area (Å²) in [5.41, 5.74) is 8.13. The molecule has 2 aromatic rings. The van der Waals surface area contributed by atoms with Crippen LogP contribution in [0, 0.1) is 5.92 Å². The van der Waals surface area contributed by atoms with Crippen LogP contribution in [0.1, 0.15) is 36.4 Å². The summed E-state index contributed by atoms with van der Waals surface area (Å²) in [6, 6.07) is 16.5. The lowest BCUT2D eigenvalue weighted by molar-refractivity contribution is -0.132. The van der Waals surface area contributed by atoms with Gasteiger partial charge in [0.2, 0.25) is 5.91 Å². The maximum Gasteiger partial charge on any atom is 0.224 e. The molecule has 1 unspecified atom stereocenters. The molecule has 1 aliphatic rings. The first-order chi connectivity index (χ1) is 11.6. The first-order valence-corrected chi connectivity index (χ1v) is 8.48. The molecule has 1 atom stereocenters. The molecule has 1 fully saturated rings. The fourth-order valence-electron chi connectivity index (χ4n) is 2.88. The van der Waals surface area contributed by atoms with E-state index in [1.807, 2.05) is 41.3 Å². The van der Waals surface area contributed by atoms with Crippen LogP contribution in [-0.2, 0) is 11.3 Å². The molecule has 2 aromatic carbocycles. The van der Waals surface area contributed by atoms with Crippen molar-refractivity contribution in [3.05, 3.63) is 65.7 Å². The fourth-order valence-corrected chi connectivity index (χ4v) is 2.88. The molecule has 1 amide bonds. The summed E-state index contributed by atoms with van der Waals surface area (Å²) in [6.45, 7) is 1.29. The Balaban J connectivity index is 1.67. The highest BCUT2D eigenvalue weighted by Gasteiger charge is 2.27. The Labute approximate surface area is 142 Å². The van der Waals surface area contributed by atoms with Crippen LogP contribution in [0.2, 0.25) is 0 Å². The summed E-state index contributed by atoms with van der Waals surface area (Å²) in [5.74, 6) is 0.910. The third kappa shape index (κ3) is 4.59. The number of amides is 1. The second kappa shape index (κ2) is 7.49. The number of hydrogen-bond donors (Lipinski definition) is 2. The van der Waals surface area contributed by atoms with Crippen molar-refractivity contribution in [2.24, 2.45) is 11.7 Å². The molecule has 0 heterocycles. The highest BCUT2D eigenvalue weighted by molar-refractivity contribution is 5.77. The van der Waals surface area contributed by atoms with Gasteiger partial charge in [-0.05, 0) is 42.0 Å². The van der Waals surface area contributed by atoms with E-state index in [1.54, 1.807) is 18.2 Å². The summed E-state index contributed by atoms with van der Waals surface area (Å²) in [4.78, 5) is 14.6. The number of carbonyl (C=O) groups excluding carboxylic acids is 1. The number of rotatable bonds is 7. The van der Waals surface area contributed by atoms with Gasteiger partial charge in [-0.2, -0.15) is 0 Å². The Bertz CT molecular complexity index is 683. The van der Waals surface area contributed by atoms with E-state index in [2.05, 4.69) is 0 Å². The van der Waals surface area contributed by atoms with Crippen molar-refractivity contribution in [3.63, 3.8) is 0 Å². The first-order valence-electron chi connectivity index (χ1n) is 8.48. The molecule has 24 heavy (non-hydrogen) atoms. The van der Waals surface area contributed by atoms with Gasteiger partial charge >= 0.3 is 0 Å². The Morgan fingerprint density at radius 1 is 1.17 bits per heavy atom. The lowest BCUT2D eigenvalue weighted by Gasteiger charge is -2.24. The zero-order valence-electron chi connectivity index (χ0n) is 13.8. The van der Waals surface area contributed by atoms with Crippen LogP contribution < -0.4 is 5.73 Å². The number of aromatic hydroxyl groups is 1. The SMILES string of the molecule is NC(CC(=O)N(Cc1cccc(O)c1)CC1CC1)c1ccccc1. The van der Waals surface area contributed by atoms with Crippen LogP contribution >= 0.6 is 0 Å². The number of carbonyl (C=O) groups is 1. The van der Waals surface area contributed by atoms with E-state index in [4.69, 9.17) is 5.73 Å². The van der Waals surface area contributed by atoms with Gasteiger partial charge in [-0.15, -0.1) is 0 Å². The highest BCUT2D eigenvalue weighted by Crippen LogP contribution is 2.31. The van der Waals surface area contributed by atoms with E-state index in [0.29, 0.717) is 18.9 Å². The molecular formula is C20H24N2O2. The van der Waals surface area contributed by atoms with Gasteiger partial charge in [0.15, 0.2) is 0 Å². The molecule has 3 rings (SSSR count). The summed E-state index contributed by atoms with van der Waals surface area (Å²) >= 11 is 0. The molecule has 126 valence electrons. The Morgan fingerprint density at radius 2 is 1.92 bits per heavy atom. The van der Waals surface area contributed by atoms with Crippen LogP contribution in [0.3, 0.4) is 0 Å². The minimum atomic E-state index is -0.287. The predicted molar refractivity (Wildman–Crippen MR) is 94.2 cm³/mol. The van der Waals surface area contributed by atoms with E-state index in [0.717, 1.165) is 17.7 Å². The lowest BCUT2D eigenvalue weighted by Crippen LogP contribution is -2.34. The van der Waals surface area contributed by atoms with Gasteiger partial charge < -0.3 is 15.7 Å². The molecule has 0 aromatic heterocycles. The summed E-state index contributed by atoms with van der Waals surface area (Å²) < 4.78 is 0. The fraction of sp³-hybridized carbons (Fsp3) is 0.350.